The predicted octanol–water partition coefficient (Wildman–Crippen LogP) is 4.72. The van der Waals surface area contributed by atoms with Crippen LogP contribution in [0.1, 0.15) is 31.0 Å². The van der Waals surface area contributed by atoms with Gasteiger partial charge in [-0.05, 0) is 73.2 Å². The van der Waals surface area contributed by atoms with Gasteiger partial charge in [0.05, 0.1) is 0 Å². The van der Waals surface area contributed by atoms with Crippen molar-refractivity contribution in [1.29, 1.82) is 0 Å². The van der Waals surface area contributed by atoms with E-state index in [1.165, 1.54) is 14.7 Å². The Balaban J connectivity index is 1.82. The average molecular weight is 395 g/mol. The van der Waals surface area contributed by atoms with Crippen LogP contribution in [0.5, 0.6) is 5.75 Å². The van der Waals surface area contributed by atoms with Gasteiger partial charge in [0.15, 0.2) is 0 Å². The molecule has 3 heteroatoms. The Hall–Kier alpha value is -1.07. The Morgan fingerprint density at radius 3 is 2.24 bits per heavy atom. The van der Waals surface area contributed by atoms with Gasteiger partial charge in [0.2, 0.25) is 0 Å². The van der Waals surface area contributed by atoms with Crippen molar-refractivity contribution in [2.45, 2.75) is 32.9 Å². The summed E-state index contributed by atoms with van der Waals surface area (Å²) in [4.78, 5) is 0. The Bertz CT molecular complexity index is 550. The third-order valence-electron chi connectivity index (χ3n) is 3.43. The van der Waals surface area contributed by atoms with E-state index in [2.05, 4.69) is 85.1 Å². The molecule has 0 heterocycles. The van der Waals surface area contributed by atoms with Crippen LogP contribution >= 0.6 is 22.6 Å². The van der Waals surface area contributed by atoms with Crippen molar-refractivity contribution in [2.75, 3.05) is 6.61 Å². The molecule has 2 unspecified atom stereocenters. The molecule has 0 fully saturated rings. The topological polar surface area (TPSA) is 21.3 Å². The molecule has 112 valence electrons. The maximum absolute atomic E-state index is 5.81. The highest BCUT2D eigenvalue weighted by molar-refractivity contribution is 14.1. The molecule has 0 aliphatic heterocycles. The average Bonchev–Trinajstić information content (AvgIpc) is 2.47. The van der Waals surface area contributed by atoms with E-state index >= 15 is 0 Å². The fraction of sp³-hybridized carbons (Fsp3) is 0.333. The molecule has 0 aromatic heterocycles. The minimum absolute atomic E-state index is 0.292. The van der Waals surface area contributed by atoms with Crippen molar-refractivity contribution in [1.82, 2.24) is 5.32 Å². The predicted molar refractivity (Wildman–Crippen MR) is 96.8 cm³/mol. The SMILES string of the molecule is Cc1ccc(OCC(C)NC(C)c2ccc(I)cc2)cc1. The van der Waals surface area contributed by atoms with Crippen molar-refractivity contribution < 1.29 is 4.74 Å². The quantitative estimate of drug-likeness (QED) is 0.715. The smallest absolute Gasteiger partial charge is 0.119 e. The number of benzene rings is 2. The molecule has 0 aliphatic carbocycles. The summed E-state index contributed by atoms with van der Waals surface area (Å²) in [5.74, 6) is 0.927. The molecule has 0 radical (unpaired) electrons. The first-order valence-corrected chi connectivity index (χ1v) is 8.33. The van der Waals surface area contributed by atoms with Crippen molar-refractivity contribution in [3.63, 3.8) is 0 Å². The monoisotopic (exact) mass is 395 g/mol. The Labute approximate surface area is 141 Å². The van der Waals surface area contributed by atoms with E-state index in [9.17, 15) is 0 Å². The molecule has 1 N–H and O–H groups in total. The zero-order chi connectivity index (χ0) is 15.2. The summed E-state index contributed by atoms with van der Waals surface area (Å²) in [6, 6.07) is 17.4. The molecule has 0 aliphatic rings. The first-order valence-electron chi connectivity index (χ1n) is 7.25. The number of aryl methyl sites for hydroxylation is 1. The molecule has 0 saturated heterocycles. The number of halogens is 1. The van der Waals surface area contributed by atoms with E-state index in [-0.39, 0.29) is 0 Å². The second kappa shape index (κ2) is 7.80. The minimum atomic E-state index is 0.292. The van der Waals surface area contributed by atoms with Gasteiger partial charge in [0.25, 0.3) is 0 Å². The van der Waals surface area contributed by atoms with E-state index in [4.69, 9.17) is 4.74 Å². The van der Waals surface area contributed by atoms with E-state index < -0.39 is 0 Å². The number of rotatable bonds is 6. The zero-order valence-corrected chi connectivity index (χ0v) is 14.9. The number of nitrogens with one attached hydrogen (secondary N) is 1. The first kappa shape index (κ1) is 16.3. The molecular weight excluding hydrogens is 373 g/mol. The third-order valence-corrected chi connectivity index (χ3v) is 4.14. The lowest BCUT2D eigenvalue weighted by Gasteiger charge is -2.21. The van der Waals surface area contributed by atoms with Crippen molar-refractivity contribution in [2.24, 2.45) is 0 Å². The summed E-state index contributed by atoms with van der Waals surface area (Å²) in [5.41, 5.74) is 2.55. The Morgan fingerprint density at radius 1 is 1.00 bits per heavy atom. The van der Waals surface area contributed by atoms with Crippen LogP contribution < -0.4 is 10.1 Å². The molecule has 2 nitrogen and oxygen atoms in total. The van der Waals surface area contributed by atoms with Crippen molar-refractivity contribution in [3.05, 3.63) is 63.2 Å². The highest BCUT2D eigenvalue weighted by Crippen LogP contribution is 2.16. The van der Waals surface area contributed by atoms with Gasteiger partial charge >= 0.3 is 0 Å². The van der Waals surface area contributed by atoms with Gasteiger partial charge in [-0.1, -0.05) is 29.8 Å². The molecule has 2 rings (SSSR count). The zero-order valence-electron chi connectivity index (χ0n) is 12.8. The van der Waals surface area contributed by atoms with Crippen LogP contribution in [0.3, 0.4) is 0 Å². The summed E-state index contributed by atoms with van der Waals surface area (Å²) in [6.45, 7) is 7.08. The van der Waals surface area contributed by atoms with E-state index in [0.717, 1.165) is 5.75 Å². The van der Waals surface area contributed by atoms with Crippen molar-refractivity contribution >= 4 is 22.6 Å². The summed E-state index contributed by atoms with van der Waals surface area (Å²) in [5, 5.41) is 3.57. The van der Waals surface area contributed by atoms with Gasteiger partial charge in [0, 0.05) is 15.7 Å². The molecule has 0 amide bonds. The number of ether oxygens (including phenoxy) is 1. The second-order valence-corrected chi connectivity index (χ2v) is 6.71. The largest absolute Gasteiger partial charge is 0.492 e. The van der Waals surface area contributed by atoms with E-state index in [1.807, 2.05) is 12.1 Å². The second-order valence-electron chi connectivity index (χ2n) is 5.47. The van der Waals surface area contributed by atoms with Gasteiger partial charge in [-0.2, -0.15) is 0 Å². The van der Waals surface area contributed by atoms with Gasteiger partial charge in [-0.3, -0.25) is 0 Å². The normalized spacial score (nSPS) is 13.7. The Morgan fingerprint density at radius 2 is 1.62 bits per heavy atom. The number of hydrogen-bond acceptors (Lipinski definition) is 2. The van der Waals surface area contributed by atoms with Gasteiger partial charge in [-0.25, -0.2) is 0 Å². The summed E-state index contributed by atoms with van der Waals surface area (Å²) < 4.78 is 7.08. The first-order chi connectivity index (χ1) is 10.0. The standard InChI is InChI=1S/C18H22INO/c1-13-4-10-18(11-5-13)21-12-14(2)20-15(3)16-6-8-17(19)9-7-16/h4-11,14-15,20H,12H2,1-3H3. The van der Waals surface area contributed by atoms with E-state index in [1.54, 1.807) is 0 Å². The maximum Gasteiger partial charge on any atom is 0.119 e. The molecule has 2 aromatic rings. The van der Waals surface area contributed by atoms with Crippen LogP contribution in [0.4, 0.5) is 0 Å². The lowest BCUT2D eigenvalue weighted by Crippen LogP contribution is -2.33. The summed E-state index contributed by atoms with van der Waals surface area (Å²) in [6.07, 6.45) is 0. The molecule has 2 aromatic carbocycles. The van der Waals surface area contributed by atoms with Crippen LogP contribution in [0.2, 0.25) is 0 Å². The molecule has 0 bridgehead atoms. The highest BCUT2D eigenvalue weighted by atomic mass is 127. The molecule has 0 spiro atoms. The van der Waals surface area contributed by atoms with Crippen molar-refractivity contribution in [3.8, 4) is 5.75 Å². The molecule has 0 saturated carbocycles. The van der Waals surface area contributed by atoms with Crippen LogP contribution in [-0.2, 0) is 0 Å². The lowest BCUT2D eigenvalue weighted by molar-refractivity contribution is 0.264. The maximum atomic E-state index is 5.81. The third kappa shape index (κ3) is 5.32. The highest BCUT2D eigenvalue weighted by Gasteiger charge is 2.10. The van der Waals surface area contributed by atoms with Crippen LogP contribution in [0.15, 0.2) is 48.5 Å². The molecular formula is C18H22INO. The van der Waals surface area contributed by atoms with Crippen LogP contribution in [0, 0.1) is 10.5 Å². The summed E-state index contributed by atoms with van der Waals surface area (Å²) in [7, 11) is 0. The molecule has 21 heavy (non-hydrogen) atoms. The molecule has 2 atom stereocenters. The Kier molecular flexibility index (Phi) is 6.06. The van der Waals surface area contributed by atoms with Crippen LogP contribution in [-0.4, -0.2) is 12.6 Å². The van der Waals surface area contributed by atoms with Gasteiger partial charge < -0.3 is 10.1 Å². The summed E-state index contributed by atoms with van der Waals surface area (Å²) >= 11 is 2.33. The number of hydrogen-bond donors (Lipinski definition) is 1. The van der Waals surface area contributed by atoms with Gasteiger partial charge in [0.1, 0.15) is 12.4 Å². The lowest BCUT2D eigenvalue weighted by atomic mass is 10.1. The minimum Gasteiger partial charge on any atom is -0.492 e. The van der Waals surface area contributed by atoms with E-state index in [0.29, 0.717) is 18.7 Å². The van der Waals surface area contributed by atoms with Crippen LogP contribution in [0.25, 0.3) is 0 Å². The fourth-order valence-corrected chi connectivity index (χ4v) is 2.54. The fourth-order valence-electron chi connectivity index (χ4n) is 2.18. The van der Waals surface area contributed by atoms with Gasteiger partial charge in [-0.15, -0.1) is 0 Å².